The van der Waals surface area contributed by atoms with Crippen LogP contribution in [0, 0.1) is 5.41 Å². The zero-order valence-corrected chi connectivity index (χ0v) is 8.20. The molecule has 14 heavy (non-hydrogen) atoms. The number of aliphatic hydroxyl groups excluding tert-OH is 1. The maximum absolute atomic E-state index is 10.1. The van der Waals surface area contributed by atoms with Gasteiger partial charge >= 0.3 is 5.97 Å². The molecule has 0 unspecified atom stereocenters. The van der Waals surface area contributed by atoms with E-state index in [9.17, 15) is 4.79 Å². The summed E-state index contributed by atoms with van der Waals surface area (Å²) >= 11 is 0. The molecule has 0 spiro atoms. The summed E-state index contributed by atoms with van der Waals surface area (Å²) in [7, 11) is 0. The highest BCUT2D eigenvalue weighted by atomic mass is 16.4. The van der Waals surface area contributed by atoms with Gasteiger partial charge in [0, 0.05) is 25.8 Å². The SMILES string of the molecule is O=C(O)/C=C/CNCC1(CCO)CC1. The van der Waals surface area contributed by atoms with E-state index in [0.717, 1.165) is 19.0 Å². The summed E-state index contributed by atoms with van der Waals surface area (Å²) in [5, 5.41) is 20.3. The highest BCUT2D eigenvalue weighted by Gasteiger charge is 2.40. The van der Waals surface area contributed by atoms with Crippen molar-refractivity contribution < 1.29 is 15.0 Å². The van der Waals surface area contributed by atoms with Gasteiger partial charge in [0.2, 0.25) is 0 Å². The van der Waals surface area contributed by atoms with E-state index in [0.29, 0.717) is 12.0 Å². The van der Waals surface area contributed by atoms with Gasteiger partial charge in [-0.1, -0.05) is 6.08 Å². The average molecular weight is 199 g/mol. The van der Waals surface area contributed by atoms with Crippen molar-refractivity contribution in [3.8, 4) is 0 Å². The molecule has 0 saturated heterocycles. The number of rotatable bonds is 7. The third-order valence-corrected chi connectivity index (χ3v) is 2.62. The number of carbonyl (C=O) groups is 1. The molecule has 0 radical (unpaired) electrons. The summed E-state index contributed by atoms with van der Waals surface area (Å²) in [6.07, 6.45) is 5.92. The van der Waals surface area contributed by atoms with Crippen LogP contribution in [-0.2, 0) is 4.79 Å². The molecule has 0 bridgehead atoms. The minimum atomic E-state index is -0.914. The van der Waals surface area contributed by atoms with Crippen LogP contribution >= 0.6 is 0 Å². The lowest BCUT2D eigenvalue weighted by molar-refractivity contribution is -0.131. The number of carboxylic acid groups (broad SMARTS) is 1. The normalized spacial score (nSPS) is 18.6. The van der Waals surface area contributed by atoms with Gasteiger partial charge in [-0.15, -0.1) is 0 Å². The highest BCUT2D eigenvalue weighted by Crippen LogP contribution is 2.47. The Morgan fingerprint density at radius 1 is 1.50 bits per heavy atom. The van der Waals surface area contributed by atoms with Crippen molar-refractivity contribution in [1.82, 2.24) is 5.32 Å². The van der Waals surface area contributed by atoms with E-state index in [1.165, 1.54) is 12.8 Å². The average Bonchev–Trinajstić information content (AvgIpc) is 2.85. The molecular formula is C10H17NO3. The molecule has 0 amide bonds. The van der Waals surface area contributed by atoms with Crippen molar-refractivity contribution in [2.75, 3.05) is 19.7 Å². The second kappa shape index (κ2) is 5.12. The van der Waals surface area contributed by atoms with Crippen LogP contribution in [0.1, 0.15) is 19.3 Å². The fourth-order valence-corrected chi connectivity index (χ4v) is 1.51. The summed E-state index contributed by atoms with van der Waals surface area (Å²) in [6.45, 7) is 1.70. The molecule has 0 aromatic carbocycles. The van der Waals surface area contributed by atoms with E-state index in [1.807, 2.05) is 0 Å². The van der Waals surface area contributed by atoms with Gasteiger partial charge in [0.1, 0.15) is 0 Å². The number of aliphatic carboxylic acids is 1. The molecule has 4 heteroatoms. The Morgan fingerprint density at radius 2 is 2.21 bits per heavy atom. The minimum Gasteiger partial charge on any atom is -0.478 e. The Bertz CT molecular complexity index is 221. The molecule has 80 valence electrons. The van der Waals surface area contributed by atoms with Crippen molar-refractivity contribution in [2.45, 2.75) is 19.3 Å². The largest absolute Gasteiger partial charge is 0.478 e. The molecule has 0 aromatic heterocycles. The van der Waals surface area contributed by atoms with Crippen LogP contribution in [0.25, 0.3) is 0 Å². The van der Waals surface area contributed by atoms with Gasteiger partial charge in [-0.3, -0.25) is 0 Å². The number of aliphatic hydroxyl groups is 1. The van der Waals surface area contributed by atoms with Crippen molar-refractivity contribution in [2.24, 2.45) is 5.41 Å². The van der Waals surface area contributed by atoms with Gasteiger partial charge in [0.25, 0.3) is 0 Å². The molecule has 1 saturated carbocycles. The van der Waals surface area contributed by atoms with E-state index in [2.05, 4.69) is 5.32 Å². The van der Waals surface area contributed by atoms with Gasteiger partial charge in [-0.25, -0.2) is 4.79 Å². The second-order valence-electron chi connectivity index (χ2n) is 3.85. The van der Waals surface area contributed by atoms with Gasteiger partial charge < -0.3 is 15.5 Å². The van der Waals surface area contributed by atoms with Crippen LogP contribution in [0.5, 0.6) is 0 Å². The monoisotopic (exact) mass is 199 g/mol. The Kier molecular flexibility index (Phi) is 4.10. The molecule has 3 N–H and O–H groups in total. The molecule has 1 rings (SSSR count). The smallest absolute Gasteiger partial charge is 0.328 e. The zero-order chi connectivity index (χ0) is 10.4. The molecule has 0 aromatic rings. The molecule has 1 fully saturated rings. The predicted molar refractivity (Wildman–Crippen MR) is 53.0 cm³/mol. The fraction of sp³-hybridized carbons (Fsp3) is 0.700. The first-order valence-corrected chi connectivity index (χ1v) is 4.90. The van der Waals surface area contributed by atoms with Gasteiger partial charge in [0.15, 0.2) is 0 Å². The maximum Gasteiger partial charge on any atom is 0.328 e. The van der Waals surface area contributed by atoms with E-state index < -0.39 is 5.97 Å². The van der Waals surface area contributed by atoms with E-state index in [1.54, 1.807) is 6.08 Å². The molecule has 0 atom stereocenters. The van der Waals surface area contributed by atoms with Crippen LogP contribution in [0.2, 0.25) is 0 Å². The summed E-state index contributed by atoms with van der Waals surface area (Å²) in [5.74, 6) is -0.914. The number of nitrogens with one attached hydrogen (secondary N) is 1. The zero-order valence-electron chi connectivity index (χ0n) is 8.20. The third kappa shape index (κ3) is 3.89. The lowest BCUT2D eigenvalue weighted by atomic mass is 10.0. The maximum atomic E-state index is 10.1. The molecule has 0 aliphatic heterocycles. The number of carboxylic acids is 1. The van der Waals surface area contributed by atoms with Crippen molar-refractivity contribution in [1.29, 1.82) is 0 Å². The predicted octanol–water partition coefficient (Wildman–Crippen LogP) is 0.379. The van der Waals surface area contributed by atoms with Gasteiger partial charge in [0.05, 0.1) is 0 Å². The topological polar surface area (TPSA) is 69.6 Å². The second-order valence-corrected chi connectivity index (χ2v) is 3.85. The molecule has 1 aliphatic rings. The van der Waals surface area contributed by atoms with E-state index in [4.69, 9.17) is 10.2 Å². The van der Waals surface area contributed by atoms with Crippen LogP contribution in [0.15, 0.2) is 12.2 Å². The first kappa shape index (κ1) is 11.2. The third-order valence-electron chi connectivity index (χ3n) is 2.62. The lowest BCUT2D eigenvalue weighted by Gasteiger charge is -2.13. The first-order chi connectivity index (χ1) is 6.68. The van der Waals surface area contributed by atoms with Gasteiger partial charge in [-0.2, -0.15) is 0 Å². The van der Waals surface area contributed by atoms with E-state index >= 15 is 0 Å². The number of hydrogen-bond acceptors (Lipinski definition) is 3. The molecule has 4 nitrogen and oxygen atoms in total. The molecular weight excluding hydrogens is 182 g/mol. The van der Waals surface area contributed by atoms with Crippen LogP contribution in [0.4, 0.5) is 0 Å². The summed E-state index contributed by atoms with van der Waals surface area (Å²) in [4.78, 5) is 10.1. The summed E-state index contributed by atoms with van der Waals surface area (Å²) < 4.78 is 0. The van der Waals surface area contributed by atoms with Crippen molar-refractivity contribution in [3.63, 3.8) is 0 Å². The standard InChI is InChI=1S/C10H17NO3/c12-7-5-10(3-4-10)8-11-6-1-2-9(13)14/h1-2,11-12H,3-8H2,(H,13,14)/b2-1+. The summed E-state index contributed by atoms with van der Waals surface area (Å²) in [6, 6.07) is 0. The Morgan fingerprint density at radius 3 is 2.71 bits per heavy atom. The van der Waals surface area contributed by atoms with Crippen molar-refractivity contribution in [3.05, 3.63) is 12.2 Å². The van der Waals surface area contributed by atoms with Crippen molar-refractivity contribution >= 4 is 5.97 Å². The quantitative estimate of drug-likeness (QED) is 0.409. The summed E-state index contributed by atoms with van der Waals surface area (Å²) in [5.41, 5.74) is 0.297. The highest BCUT2D eigenvalue weighted by molar-refractivity contribution is 5.79. The first-order valence-electron chi connectivity index (χ1n) is 4.90. The van der Waals surface area contributed by atoms with Crippen LogP contribution in [0.3, 0.4) is 0 Å². The number of hydrogen-bond donors (Lipinski definition) is 3. The Labute approximate surface area is 83.6 Å². The fourth-order valence-electron chi connectivity index (χ4n) is 1.51. The van der Waals surface area contributed by atoms with Gasteiger partial charge in [-0.05, 0) is 24.7 Å². The Hall–Kier alpha value is -0.870. The molecule has 1 aliphatic carbocycles. The molecule has 0 heterocycles. The van der Waals surface area contributed by atoms with E-state index in [-0.39, 0.29) is 6.61 Å². The van der Waals surface area contributed by atoms with Crippen LogP contribution < -0.4 is 5.32 Å². The van der Waals surface area contributed by atoms with Crippen LogP contribution in [-0.4, -0.2) is 35.9 Å². The Balaban J connectivity index is 2.06. The minimum absolute atomic E-state index is 0.243. The lowest BCUT2D eigenvalue weighted by Crippen LogP contribution is -2.24.